The average molecular weight is 127 g/mol. The molecular formula is C7H10FN. The van der Waals surface area contributed by atoms with E-state index >= 15 is 0 Å². The molecular weight excluding hydrogens is 117 g/mol. The second-order valence-corrected chi connectivity index (χ2v) is 2.97. The molecule has 0 bridgehead atoms. The average Bonchev–Trinajstić information content (AvgIpc) is 1.62. The molecule has 9 heavy (non-hydrogen) atoms. The highest BCUT2D eigenvalue weighted by atomic mass is 19.1. The highest BCUT2D eigenvalue weighted by Gasteiger charge is 2.07. The summed E-state index contributed by atoms with van der Waals surface area (Å²) < 4.78 is 12.1. The van der Waals surface area contributed by atoms with E-state index in [1.807, 2.05) is 20.8 Å². The molecule has 0 aliphatic heterocycles. The molecule has 0 heterocycles. The van der Waals surface area contributed by atoms with Crippen LogP contribution in [0.15, 0.2) is 11.9 Å². The van der Waals surface area contributed by atoms with Crippen LogP contribution in [0.1, 0.15) is 20.8 Å². The van der Waals surface area contributed by atoms with Crippen molar-refractivity contribution in [2.45, 2.75) is 20.8 Å². The van der Waals surface area contributed by atoms with Crippen molar-refractivity contribution in [2.24, 2.45) is 5.41 Å². The SMILES string of the molecule is CC(C)(C)/C=C(/F)C#N. The van der Waals surface area contributed by atoms with E-state index in [4.69, 9.17) is 5.26 Å². The Hall–Kier alpha value is -0.840. The van der Waals surface area contributed by atoms with Crippen LogP contribution in [0.4, 0.5) is 4.39 Å². The minimum atomic E-state index is -0.706. The fourth-order valence-electron chi connectivity index (χ4n) is 0.412. The molecule has 0 rings (SSSR count). The van der Waals surface area contributed by atoms with Gasteiger partial charge in [0.1, 0.15) is 6.07 Å². The molecule has 0 aromatic heterocycles. The third-order valence-corrected chi connectivity index (χ3v) is 0.667. The normalized spacial score (nSPS) is 13.0. The molecule has 0 atom stereocenters. The summed E-state index contributed by atoms with van der Waals surface area (Å²) in [5, 5.41) is 8.00. The number of nitrogens with zero attached hydrogens (tertiary/aromatic N) is 1. The Balaban J connectivity index is 4.17. The van der Waals surface area contributed by atoms with Crippen molar-refractivity contribution in [3.8, 4) is 6.07 Å². The summed E-state index contributed by atoms with van der Waals surface area (Å²) in [6.07, 6.45) is 1.30. The summed E-state index contributed by atoms with van der Waals surface area (Å²) in [4.78, 5) is 0. The Kier molecular flexibility index (Phi) is 2.39. The number of rotatable bonds is 0. The van der Waals surface area contributed by atoms with Crippen LogP contribution in [0.25, 0.3) is 0 Å². The Morgan fingerprint density at radius 2 is 2.00 bits per heavy atom. The minimum Gasteiger partial charge on any atom is -0.195 e. The zero-order valence-corrected chi connectivity index (χ0v) is 5.90. The van der Waals surface area contributed by atoms with E-state index < -0.39 is 5.83 Å². The number of hydrogen-bond donors (Lipinski definition) is 0. The zero-order valence-electron chi connectivity index (χ0n) is 5.90. The summed E-state index contributed by atoms with van der Waals surface area (Å²) in [6.45, 7) is 5.51. The Morgan fingerprint density at radius 3 is 2.11 bits per heavy atom. The summed E-state index contributed by atoms with van der Waals surface area (Å²) in [7, 11) is 0. The third kappa shape index (κ3) is 5.02. The van der Waals surface area contributed by atoms with Crippen molar-refractivity contribution in [1.82, 2.24) is 0 Å². The summed E-state index contributed by atoms with van der Waals surface area (Å²) in [5.41, 5.74) is -0.236. The monoisotopic (exact) mass is 127 g/mol. The number of allylic oxidation sites excluding steroid dienone is 2. The van der Waals surface area contributed by atoms with Gasteiger partial charge in [0.2, 0.25) is 0 Å². The van der Waals surface area contributed by atoms with Crippen molar-refractivity contribution in [1.29, 1.82) is 5.26 Å². The molecule has 0 N–H and O–H groups in total. The first-order valence-corrected chi connectivity index (χ1v) is 2.74. The largest absolute Gasteiger partial charge is 0.196 e. The maximum absolute atomic E-state index is 12.1. The summed E-state index contributed by atoms with van der Waals surface area (Å²) in [5.74, 6) is -0.706. The Labute approximate surface area is 54.8 Å². The van der Waals surface area contributed by atoms with Gasteiger partial charge in [-0.2, -0.15) is 9.65 Å². The van der Waals surface area contributed by atoms with Crippen molar-refractivity contribution >= 4 is 0 Å². The zero-order chi connectivity index (χ0) is 7.49. The van der Waals surface area contributed by atoms with Gasteiger partial charge >= 0.3 is 0 Å². The van der Waals surface area contributed by atoms with Gasteiger partial charge in [0, 0.05) is 0 Å². The van der Waals surface area contributed by atoms with E-state index in [1.54, 1.807) is 0 Å². The standard InChI is InChI=1S/C7H10FN/c1-7(2,3)4-6(8)5-9/h4H,1-3H3/b6-4+. The Morgan fingerprint density at radius 1 is 1.56 bits per heavy atom. The van der Waals surface area contributed by atoms with Crippen LogP contribution in [0.2, 0.25) is 0 Å². The smallest absolute Gasteiger partial charge is 0.195 e. The third-order valence-electron chi connectivity index (χ3n) is 0.667. The lowest BCUT2D eigenvalue weighted by atomic mass is 9.96. The van der Waals surface area contributed by atoms with E-state index in [0.717, 1.165) is 0 Å². The molecule has 0 aromatic rings. The molecule has 0 amide bonds. The van der Waals surface area contributed by atoms with Crippen LogP contribution in [0.3, 0.4) is 0 Å². The van der Waals surface area contributed by atoms with Gasteiger partial charge in [-0.1, -0.05) is 20.8 Å². The van der Waals surface area contributed by atoms with Crippen LogP contribution >= 0.6 is 0 Å². The lowest BCUT2D eigenvalue weighted by Crippen LogP contribution is -1.99. The molecule has 50 valence electrons. The van der Waals surface area contributed by atoms with Gasteiger partial charge in [-0.25, -0.2) is 0 Å². The number of halogens is 1. The van der Waals surface area contributed by atoms with E-state index in [0.29, 0.717) is 0 Å². The molecule has 2 heteroatoms. The molecule has 0 spiro atoms. The topological polar surface area (TPSA) is 23.8 Å². The van der Waals surface area contributed by atoms with Crippen molar-refractivity contribution in [2.75, 3.05) is 0 Å². The lowest BCUT2D eigenvalue weighted by Gasteiger charge is -2.09. The highest BCUT2D eigenvalue weighted by Crippen LogP contribution is 2.17. The second kappa shape index (κ2) is 2.63. The first kappa shape index (κ1) is 8.16. The molecule has 0 saturated heterocycles. The van der Waals surface area contributed by atoms with Gasteiger partial charge in [0.15, 0.2) is 5.83 Å². The van der Waals surface area contributed by atoms with Crippen LogP contribution in [0.5, 0.6) is 0 Å². The second-order valence-electron chi connectivity index (χ2n) is 2.97. The predicted molar refractivity (Wildman–Crippen MR) is 34.3 cm³/mol. The minimum absolute atomic E-state index is 0.236. The highest BCUT2D eigenvalue weighted by molar-refractivity contribution is 5.14. The quantitative estimate of drug-likeness (QED) is 0.458. The van der Waals surface area contributed by atoms with Gasteiger partial charge in [0.25, 0.3) is 0 Å². The van der Waals surface area contributed by atoms with E-state index in [2.05, 4.69) is 0 Å². The van der Waals surface area contributed by atoms with Crippen LogP contribution < -0.4 is 0 Å². The van der Waals surface area contributed by atoms with E-state index in [-0.39, 0.29) is 5.41 Å². The molecule has 0 aliphatic rings. The van der Waals surface area contributed by atoms with Gasteiger partial charge in [0.05, 0.1) is 0 Å². The summed E-state index contributed by atoms with van der Waals surface area (Å²) in [6, 6.07) is 1.42. The van der Waals surface area contributed by atoms with Gasteiger partial charge < -0.3 is 0 Å². The van der Waals surface area contributed by atoms with Crippen LogP contribution in [-0.4, -0.2) is 0 Å². The van der Waals surface area contributed by atoms with E-state index in [1.165, 1.54) is 12.1 Å². The van der Waals surface area contributed by atoms with Crippen molar-refractivity contribution in [3.05, 3.63) is 11.9 Å². The summed E-state index contributed by atoms with van der Waals surface area (Å²) >= 11 is 0. The van der Waals surface area contributed by atoms with Gasteiger partial charge in [-0.15, -0.1) is 0 Å². The number of nitriles is 1. The van der Waals surface area contributed by atoms with Gasteiger partial charge in [-0.05, 0) is 11.5 Å². The maximum Gasteiger partial charge on any atom is 0.196 e. The number of hydrogen-bond acceptors (Lipinski definition) is 1. The lowest BCUT2D eigenvalue weighted by molar-refractivity contribution is 0.520. The molecule has 0 aliphatic carbocycles. The first-order valence-electron chi connectivity index (χ1n) is 2.74. The fourth-order valence-corrected chi connectivity index (χ4v) is 0.412. The molecule has 0 aromatic carbocycles. The fraction of sp³-hybridized carbons (Fsp3) is 0.571. The molecule has 0 radical (unpaired) electrons. The molecule has 0 saturated carbocycles. The first-order chi connectivity index (χ1) is 3.95. The maximum atomic E-state index is 12.1. The van der Waals surface area contributed by atoms with E-state index in [9.17, 15) is 4.39 Å². The van der Waals surface area contributed by atoms with Crippen molar-refractivity contribution < 1.29 is 4.39 Å². The molecule has 1 nitrogen and oxygen atoms in total. The van der Waals surface area contributed by atoms with Crippen LogP contribution in [-0.2, 0) is 0 Å². The molecule has 0 fully saturated rings. The van der Waals surface area contributed by atoms with Crippen molar-refractivity contribution in [3.63, 3.8) is 0 Å². The Bertz CT molecular complexity index is 157. The predicted octanol–water partition coefficient (Wildman–Crippen LogP) is 2.41. The van der Waals surface area contributed by atoms with Crippen LogP contribution in [0, 0.1) is 16.7 Å². The molecule has 0 unspecified atom stereocenters. The van der Waals surface area contributed by atoms with Gasteiger partial charge in [-0.3, -0.25) is 0 Å².